The van der Waals surface area contributed by atoms with E-state index in [1.165, 1.54) is 0 Å². The molecule has 0 saturated heterocycles. The van der Waals surface area contributed by atoms with E-state index in [1.54, 1.807) is 30.5 Å². The normalized spacial score (nSPS) is 11.9. The number of hydrogen-bond acceptors (Lipinski definition) is 4. The van der Waals surface area contributed by atoms with Gasteiger partial charge in [0.2, 0.25) is 0 Å². The van der Waals surface area contributed by atoms with Crippen LogP contribution in [-0.4, -0.2) is 14.6 Å². The second-order valence-corrected chi connectivity index (χ2v) is 8.26. The van der Waals surface area contributed by atoms with E-state index in [4.69, 9.17) is 4.42 Å². The van der Waals surface area contributed by atoms with Crippen LogP contribution in [0.2, 0.25) is 0 Å². The summed E-state index contributed by atoms with van der Waals surface area (Å²) in [6.45, 7) is 7.64. The van der Waals surface area contributed by atoms with Crippen LogP contribution in [0, 0.1) is 27.7 Å². The molecule has 0 spiro atoms. The molecule has 1 aromatic heterocycles. The van der Waals surface area contributed by atoms with Crippen LogP contribution in [0.3, 0.4) is 0 Å². The fourth-order valence-electron chi connectivity index (χ4n) is 2.91. The maximum Gasteiger partial charge on any atom is 0.261 e. The smallest absolute Gasteiger partial charge is 0.261 e. The van der Waals surface area contributed by atoms with Gasteiger partial charge in [-0.15, -0.1) is 0 Å². The summed E-state index contributed by atoms with van der Waals surface area (Å²) in [4.78, 5) is 4.49. The Hall–Kier alpha value is -2.86. The number of hydrogen-bond donors (Lipinski definition) is 1. The molecule has 0 aliphatic rings. The van der Waals surface area contributed by atoms with E-state index in [2.05, 4.69) is 9.71 Å². The first-order valence-corrected chi connectivity index (χ1v) is 10.0. The largest absolute Gasteiger partial charge is 0.460 e. The first kappa shape index (κ1) is 18.9. The van der Waals surface area contributed by atoms with Crippen LogP contribution in [0.5, 0.6) is 0 Å². The van der Waals surface area contributed by atoms with Crippen molar-refractivity contribution in [3.63, 3.8) is 0 Å². The molecule has 140 valence electrons. The van der Waals surface area contributed by atoms with Crippen molar-refractivity contribution in [3.8, 4) is 0 Å². The second kappa shape index (κ2) is 7.40. The Balaban J connectivity index is 1.80. The monoisotopic (exact) mass is 382 g/mol. The van der Waals surface area contributed by atoms with Crippen LogP contribution in [-0.2, 0) is 10.0 Å². The quantitative estimate of drug-likeness (QED) is 0.627. The van der Waals surface area contributed by atoms with Crippen molar-refractivity contribution in [1.82, 2.24) is 0 Å². The van der Waals surface area contributed by atoms with E-state index >= 15 is 0 Å². The Morgan fingerprint density at radius 3 is 2.11 bits per heavy atom. The van der Waals surface area contributed by atoms with E-state index in [0.717, 1.165) is 22.5 Å². The van der Waals surface area contributed by atoms with Crippen molar-refractivity contribution in [3.05, 3.63) is 76.7 Å². The molecule has 1 heterocycles. The first-order valence-electron chi connectivity index (χ1n) is 8.56. The molecule has 0 aliphatic carbocycles. The van der Waals surface area contributed by atoms with Gasteiger partial charge in [-0.05, 0) is 75.2 Å². The van der Waals surface area contributed by atoms with E-state index in [1.807, 2.05) is 52.0 Å². The lowest BCUT2D eigenvalue weighted by molar-refractivity contribution is 0.528. The summed E-state index contributed by atoms with van der Waals surface area (Å²) in [7, 11) is -3.67. The van der Waals surface area contributed by atoms with Crippen LogP contribution >= 0.6 is 0 Å². The Labute approximate surface area is 159 Å². The van der Waals surface area contributed by atoms with E-state index in [9.17, 15) is 8.42 Å². The Bertz CT molecular complexity index is 1070. The average molecular weight is 382 g/mol. The minimum absolute atomic E-state index is 0.190. The highest BCUT2D eigenvalue weighted by Gasteiger charge is 2.16. The molecule has 0 bridgehead atoms. The number of aliphatic imine (C=N–C) groups is 1. The molecular weight excluding hydrogens is 360 g/mol. The number of rotatable bonds is 5. The zero-order valence-corrected chi connectivity index (χ0v) is 16.6. The van der Waals surface area contributed by atoms with Crippen molar-refractivity contribution >= 4 is 27.6 Å². The lowest BCUT2D eigenvalue weighted by Crippen LogP contribution is -2.14. The Morgan fingerprint density at radius 1 is 0.926 bits per heavy atom. The molecule has 0 amide bonds. The number of furan rings is 1. The van der Waals surface area contributed by atoms with Gasteiger partial charge in [0, 0.05) is 0 Å². The number of anilines is 1. The Kier molecular flexibility index (Phi) is 5.19. The standard InChI is InChI=1S/C21H22N2O3S/c1-14-11-15(2)21(16(3)12-14)23-27(24,25)20-9-6-18(7-10-20)22-13-19-8-5-17(4)26-19/h5-13,23H,1-4H3. The van der Waals surface area contributed by atoms with Gasteiger partial charge >= 0.3 is 0 Å². The molecule has 3 aromatic rings. The number of aryl methyl sites for hydroxylation is 4. The van der Waals surface area contributed by atoms with E-state index < -0.39 is 10.0 Å². The molecule has 0 aliphatic heterocycles. The highest BCUT2D eigenvalue weighted by atomic mass is 32.2. The predicted octanol–water partition coefficient (Wildman–Crippen LogP) is 5.06. The average Bonchev–Trinajstić information content (AvgIpc) is 3.02. The summed E-state index contributed by atoms with van der Waals surface area (Å²) in [5, 5.41) is 0. The number of nitrogens with zero attached hydrogens (tertiary/aromatic N) is 1. The number of sulfonamides is 1. The highest BCUT2D eigenvalue weighted by molar-refractivity contribution is 7.92. The molecule has 0 atom stereocenters. The van der Waals surface area contributed by atoms with Crippen LogP contribution in [0.15, 0.2) is 62.8 Å². The minimum atomic E-state index is -3.67. The van der Waals surface area contributed by atoms with Crippen molar-refractivity contribution < 1.29 is 12.8 Å². The summed E-state index contributed by atoms with van der Waals surface area (Å²) in [6, 6.07) is 14.0. The topological polar surface area (TPSA) is 71.7 Å². The lowest BCUT2D eigenvalue weighted by Gasteiger charge is -2.14. The molecule has 27 heavy (non-hydrogen) atoms. The molecule has 3 rings (SSSR count). The predicted molar refractivity (Wildman–Crippen MR) is 109 cm³/mol. The van der Waals surface area contributed by atoms with Gasteiger partial charge in [-0.2, -0.15) is 0 Å². The zero-order chi connectivity index (χ0) is 19.6. The highest BCUT2D eigenvalue weighted by Crippen LogP contribution is 2.26. The third kappa shape index (κ3) is 4.46. The molecule has 6 heteroatoms. The van der Waals surface area contributed by atoms with Crippen molar-refractivity contribution in [1.29, 1.82) is 0 Å². The zero-order valence-electron chi connectivity index (χ0n) is 15.8. The molecule has 2 aromatic carbocycles. The molecule has 0 radical (unpaired) electrons. The molecule has 1 N–H and O–H groups in total. The molecule has 0 saturated carbocycles. The van der Waals surface area contributed by atoms with Gasteiger partial charge in [0.25, 0.3) is 10.0 Å². The van der Waals surface area contributed by atoms with Gasteiger partial charge in [-0.1, -0.05) is 17.7 Å². The molecule has 0 unspecified atom stereocenters. The fourth-order valence-corrected chi connectivity index (χ4v) is 4.11. The summed E-state index contributed by atoms with van der Waals surface area (Å²) in [5.74, 6) is 1.46. The van der Waals surface area contributed by atoms with Crippen LogP contribution < -0.4 is 4.72 Å². The maximum absolute atomic E-state index is 12.7. The van der Waals surface area contributed by atoms with Crippen LogP contribution in [0.4, 0.5) is 11.4 Å². The van der Waals surface area contributed by atoms with Crippen LogP contribution in [0.1, 0.15) is 28.2 Å². The summed E-state index contributed by atoms with van der Waals surface area (Å²) in [5.41, 5.74) is 4.15. The Morgan fingerprint density at radius 2 is 1.56 bits per heavy atom. The van der Waals surface area contributed by atoms with E-state index in [-0.39, 0.29) is 4.90 Å². The summed E-state index contributed by atoms with van der Waals surface area (Å²) >= 11 is 0. The van der Waals surface area contributed by atoms with Gasteiger partial charge in [-0.25, -0.2) is 8.42 Å². The van der Waals surface area contributed by atoms with Crippen LogP contribution in [0.25, 0.3) is 0 Å². The van der Waals surface area contributed by atoms with Gasteiger partial charge in [0.15, 0.2) is 0 Å². The fraction of sp³-hybridized carbons (Fsp3) is 0.190. The third-order valence-electron chi connectivity index (χ3n) is 4.16. The molecule has 0 fully saturated rings. The van der Waals surface area contributed by atoms with Gasteiger partial charge in [0.05, 0.1) is 22.5 Å². The SMILES string of the molecule is Cc1cc(C)c(NS(=O)(=O)c2ccc(N=Cc3ccc(C)o3)cc2)c(C)c1. The van der Waals surface area contributed by atoms with Gasteiger partial charge in [0.1, 0.15) is 11.5 Å². The van der Waals surface area contributed by atoms with Gasteiger partial charge < -0.3 is 4.42 Å². The summed E-state index contributed by atoms with van der Waals surface area (Å²) in [6.07, 6.45) is 1.60. The van der Waals surface area contributed by atoms with Gasteiger partial charge in [-0.3, -0.25) is 9.71 Å². The maximum atomic E-state index is 12.7. The molecule has 5 nitrogen and oxygen atoms in total. The van der Waals surface area contributed by atoms with Crippen molar-refractivity contribution in [2.45, 2.75) is 32.6 Å². The number of benzene rings is 2. The third-order valence-corrected chi connectivity index (χ3v) is 5.53. The first-order chi connectivity index (χ1) is 12.7. The van der Waals surface area contributed by atoms with E-state index in [0.29, 0.717) is 17.1 Å². The lowest BCUT2D eigenvalue weighted by atomic mass is 10.1. The second-order valence-electron chi connectivity index (χ2n) is 6.58. The summed E-state index contributed by atoms with van der Waals surface area (Å²) < 4.78 is 33.6. The minimum Gasteiger partial charge on any atom is -0.460 e. The van der Waals surface area contributed by atoms with Crippen molar-refractivity contribution in [2.75, 3.05) is 4.72 Å². The van der Waals surface area contributed by atoms with Crippen molar-refractivity contribution in [2.24, 2.45) is 4.99 Å². The molecular formula is C21H22N2O3S. The number of nitrogens with one attached hydrogen (secondary N) is 1.